The van der Waals surface area contributed by atoms with Gasteiger partial charge < -0.3 is 11.1 Å². The summed E-state index contributed by atoms with van der Waals surface area (Å²) in [5, 5.41) is 5.43. The molecule has 0 spiro atoms. The van der Waals surface area contributed by atoms with Crippen LogP contribution in [0.1, 0.15) is 44.7 Å². The van der Waals surface area contributed by atoms with Crippen LogP contribution < -0.4 is 16.4 Å². The predicted molar refractivity (Wildman–Crippen MR) is 102 cm³/mol. The number of fused-ring (bicyclic) bond motifs is 1. The van der Waals surface area contributed by atoms with Crippen molar-refractivity contribution in [1.29, 1.82) is 0 Å². The zero-order chi connectivity index (χ0) is 20.5. The van der Waals surface area contributed by atoms with E-state index in [-0.39, 0.29) is 24.0 Å². The highest BCUT2D eigenvalue weighted by atomic mass is 16.2. The topological polar surface area (TPSA) is 134 Å². The Hall–Kier alpha value is -3.59. The molecular weight excluding hydrogens is 374 g/mol. The third kappa shape index (κ3) is 3.59. The third-order valence-corrected chi connectivity index (χ3v) is 5.01. The molecule has 1 unspecified atom stereocenters. The number of anilines is 1. The number of piperidine rings is 1. The zero-order valence-corrected chi connectivity index (χ0v) is 15.5. The quantitative estimate of drug-likeness (QED) is 0.624. The minimum atomic E-state index is -0.959. The molecule has 2 aromatic rings. The van der Waals surface area contributed by atoms with Gasteiger partial charge in [0.05, 0.1) is 11.1 Å². The van der Waals surface area contributed by atoms with Gasteiger partial charge in [0.25, 0.3) is 11.8 Å². The number of aromatic nitrogens is 1. The first-order valence-electron chi connectivity index (χ1n) is 9.19. The molecule has 29 heavy (non-hydrogen) atoms. The van der Waals surface area contributed by atoms with Gasteiger partial charge in [0.1, 0.15) is 11.9 Å². The Morgan fingerprint density at radius 2 is 1.76 bits per heavy atom. The van der Waals surface area contributed by atoms with E-state index >= 15 is 0 Å². The van der Waals surface area contributed by atoms with Crippen molar-refractivity contribution in [3.63, 3.8) is 0 Å². The first-order chi connectivity index (χ1) is 13.9. The molecule has 2 aliphatic rings. The second kappa shape index (κ2) is 7.44. The van der Waals surface area contributed by atoms with E-state index in [0.717, 1.165) is 16.0 Å². The summed E-state index contributed by atoms with van der Waals surface area (Å²) in [6.07, 6.45) is 1.92. The van der Waals surface area contributed by atoms with Gasteiger partial charge in [-0.05, 0) is 35.7 Å². The summed E-state index contributed by atoms with van der Waals surface area (Å²) in [7, 11) is 0. The predicted octanol–water partition coefficient (Wildman–Crippen LogP) is 0.355. The summed E-state index contributed by atoms with van der Waals surface area (Å²) in [5.74, 6) is -1.57. The van der Waals surface area contributed by atoms with Gasteiger partial charge in [0.15, 0.2) is 0 Å². The SMILES string of the molecule is Nc1ccc(CNCc2ccc3c(c2)C(=O)N(C2CCC(=O)NC2=O)C3=O)cn1. The monoisotopic (exact) mass is 393 g/mol. The number of hydrogen-bond donors (Lipinski definition) is 3. The smallest absolute Gasteiger partial charge is 0.262 e. The Balaban J connectivity index is 1.46. The lowest BCUT2D eigenvalue weighted by Gasteiger charge is -2.27. The number of carbonyl (C=O) groups excluding carboxylic acids is 4. The van der Waals surface area contributed by atoms with E-state index in [1.165, 1.54) is 0 Å². The number of imide groups is 2. The van der Waals surface area contributed by atoms with Gasteiger partial charge in [0.2, 0.25) is 11.8 Å². The minimum absolute atomic E-state index is 0.0962. The van der Waals surface area contributed by atoms with Crippen LogP contribution in [0.25, 0.3) is 0 Å². The molecule has 4 N–H and O–H groups in total. The van der Waals surface area contributed by atoms with Gasteiger partial charge in [-0.15, -0.1) is 0 Å². The molecule has 9 heteroatoms. The van der Waals surface area contributed by atoms with Crippen LogP contribution in [0.3, 0.4) is 0 Å². The molecule has 9 nitrogen and oxygen atoms in total. The normalized spacial score (nSPS) is 18.8. The van der Waals surface area contributed by atoms with Gasteiger partial charge in [-0.1, -0.05) is 12.1 Å². The zero-order valence-electron chi connectivity index (χ0n) is 15.5. The molecule has 3 heterocycles. The number of nitrogens with two attached hydrogens (primary N) is 1. The fourth-order valence-corrected chi connectivity index (χ4v) is 3.52. The molecule has 0 bridgehead atoms. The maximum Gasteiger partial charge on any atom is 0.262 e. The van der Waals surface area contributed by atoms with E-state index in [0.29, 0.717) is 18.9 Å². The Bertz CT molecular complexity index is 1020. The maximum atomic E-state index is 12.8. The molecule has 1 atom stereocenters. The van der Waals surface area contributed by atoms with Crippen molar-refractivity contribution in [2.75, 3.05) is 5.73 Å². The van der Waals surface area contributed by atoms with Crippen LogP contribution in [0.2, 0.25) is 0 Å². The van der Waals surface area contributed by atoms with Crippen LogP contribution in [0.15, 0.2) is 36.5 Å². The highest BCUT2D eigenvalue weighted by Crippen LogP contribution is 2.28. The van der Waals surface area contributed by atoms with Crippen LogP contribution in [0, 0.1) is 0 Å². The Morgan fingerprint density at radius 3 is 2.48 bits per heavy atom. The number of pyridine rings is 1. The average molecular weight is 393 g/mol. The highest BCUT2D eigenvalue weighted by molar-refractivity contribution is 6.23. The fraction of sp³-hybridized carbons (Fsp3) is 0.250. The molecule has 1 aromatic heterocycles. The average Bonchev–Trinajstić information content (AvgIpc) is 2.94. The second-order valence-corrected chi connectivity index (χ2v) is 7.02. The lowest BCUT2D eigenvalue weighted by atomic mass is 10.0. The summed E-state index contributed by atoms with van der Waals surface area (Å²) < 4.78 is 0. The number of benzene rings is 1. The van der Waals surface area contributed by atoms with Gasteiger partial charge >= 0.3 is 0 Å². The summed E-state index contributed by atoms with van der Waals surface area (Å²) >= 11 is 0. The molecule has 1 saturated heterocycles. The van der Waals surface area contributed by atoms with Crippen molar-refractivity contribution in [3.8, 4) is 0 Å². The van der Waals surface area contributed by atoms with Crippen molar-refractivity contribution in [1.82, 2.24) is 20.5 Å². The van der Waals surface area contributed by atoms with Crippen LogP contribution in [0.4, 0.5) is 5.82 Å². The summed E-state index contributed by atoms with van der Waals surface area (Å²) in [5.41, 5.74) is 7.91. The molecule has 2 aliphatic heterocycles. The molecule has 0 saturated carbocycles. The van der Waals surface area contributed by atoms with Crippen molar-refractivity contribution in [3.05, 3.63) is 58.8 Å². The van der Waals surface area contributed by atoms with Gasteiger partial charge in [-0.25, -0.2) is 4.98 Å². The standard InChI is InChI=1S/C20H19N5O4/c21-16-5-2-12(10-23-16)9-22-8-11-1-3-13-14(7-11)20(29)25(19(13)28)15-4-6-17(26)24-18(15)27/h1-3,5,7,10,15,22H,4,6,8-9H2,(H2,21,23)(H,24,26,27). The van der Waals surface area contributed by atoms with Crippen LogP contribution in [-0.4, -0.2) is 39.6 Å². The molecule has 0 radical (unpaired) electrons. The van der Waals surface area contributed by atoms with Crippen LogP contribution >= 0.6 is 0 Å². The number of nitrogens with zero attached hydrogens (tertiary/aromatic N) is 2. The first-order valence-corrected chi connectivity index (χ1v) is 9.19. The van der Waals surface area contributed by atoms with Crippen molar-refractivity contribution in [2.24, 2.45) is 0 Å². The maximum absolute atomic E-state index is 12.8. The first kappa shape index (κ1) is 18.8. The fourth-order valence-electron chi connectivity index (χ4n) is 3.52. The summed E-state index contributed by atoms with van der Waals surface area (Å²) in [4.78, 5) is 53.9. The van der Waals surface area contributed by atoms with E-state index in [9.17, 15) is 19.2 Å². The van der Waals surface area contributed by atoms with Gasteiger partial charge in [-0.3, -0.25) is 29.4 Å². The Labute approximate surface area is 166 Å². The number of amides is 4. The third-order valence-electron chi connectivity index (χ3n) is 5.01. The Morgan fingerprint density at radius 1 is 1.03 bits per heavy atom. The molecule has 1 aromatic carbocycles. The molecule has 4 rings (SSSR count). The number of nitrogen functional groups attached to an aromatic ring is 1. The summed E-state index contributed by atoms with van der Waals surface area (Å²) in [6, 6.07) is 7.67. The molecular formula is C20H19N5O4. The van der Waals surface area contributed by atoms with E-state index in [1.54, 1.807) is 30.5 Å². The summed E-state index contributed by atoms with van der Waals surface area (Å²) in [6.45, 7) is 1.05. The Kier molecular flexibility index (Phi) is 4.81. The van der Waals surface area contributed by atoms with Gasteiger partial charge in [-0.2, -0.15) is 0 Å². The number of hydrogen-bond acceptors (Lipinski definition) is 7. The van der Waals surface area contributed by atoms with Gasteiger partial charge in [0, 0.05) is 25.7 Å². The lowest BCUT2D eigenvalue weighted by molar-refractivity contribution is -0.136. The van der Waals surface area contributed by atoms with E-state index < -0.39 is 29.7 Å². The van der Waals surface area contributed by atoms with Crippen molar-refractivity contribution >= 4 is 29.4 Å². The van der Waals surface area contributed by atoms with Crippen molar-refractivity contribution in [2.45, 2.75) is 32.0 Å². The minimum Gasteiger partial charge on any atom is -0.384 e. The largest absolute Gasteiger partial charge is 0.384 e. The van der Waals surface area contributed by atoms with Crippen LogP contribution in [-0.2, 0) is 22.7 Å². The molecule has 0 aliphatic carbocycles. The molecule has 4 amide bonds. The number of nitrogens with one attached hydrogen (secondary N) is 2. The highest BCUT2D eigenvalue weighted by Gasteiger charge is 2.44. The van der Waals surface area contributed by atoms with Crippen molar-refractivity contribution < 1.29 is 19.2 Å². The lowest BCUT2D eigenvalue weighted by Crippen LogP contribution is -2.54. The number of rotatable bonds is 5. The van der Waals surface area contributed by atoms with Crippen LogP contribution in [0.5, 0.6) is 0 Å². The van der Waals surface area contributed by atoms with E-state index in [4.69, 9.17) is 5.73 Å². The second-order valence-electron chi connectivity index (χ2n) is 7.02. The van der Waals surface area contributed by atoms with E-state index in [1.807, 2.05) is 6.07 Å². The molecule has 1 fully saturated rings. The van der Waals surface area contributed by atoms with E-state index in [2.05, 4.69) is 15.6 Å². The molecule has 148 valence electrons. The number of carbonyl (C=O) groups is 4.